The molecule has 0 aromatic heterocycles. The first-order chi connectivity index (χ1) is 12.5. The number of nitrogens with zero attached hydrogens (tertiary/aromatic N) is 1. The maximum Gasteiger partial charge on any atom is 0.317 e. The molecule has 27 heavy (non-hydrogen) atoms. The fraction of sp³-hybridized carbons (Fsp3) is 0.800. The van der Waals surface area contributed by atoms with Gasteiger partial charge in [0.1, 0.15) is 0 Å². The van der Waals surface area contributed by atoms with Crippen LogP contribution >= 0.6 is 0 Å². The van der Waals surface area contributed by atoms with Gasteiger partial charge in [-0.05, 0) is 32.1 Å². The van der Waals surface area contributed by atoms with Crippen LogP contribution in [0.4, 0.5) is 0 Å². The van der Waals surface area contributed by atoms with E-state index in [0.717, 1.165) is 4.90 Å². The molecule has 0 fully saturated rings. The van der Waals surface area contributed by atoms with E-state index in [1.807, 2.05) is 6.92 Å². The molecule has 0 aliphatic heterocycles. The monoisotopic (exact) mass is 412 g/mol. The van der Waals surface area contributed by atoms with Crippen molar-refractivity contribution in [2.45, 2.75) is 51.2 Å². The predicted octanol–water partition coefficient (Wildman–Crippen LogP) is -0.838. The van der Waals surface area contributed by atoms with Gasteiger partial charge in [0.25, 0.3) is 10.1 Å². The van der Waals surface area contributed by atoms with Gasteiger partial charge in [0.05, 0.1) is 31.0 Å². The Morgan fingerprint density at radius 1 is 1.04 bits per heavy atom. The molecule has 11 nitrogen and oxygen atoms in total. The molecule has 1 amide bonds. The Bertz CT molecular complexity index is 578. The van der Waals surface area contributed by atoms with E-state index >= 15 is 0 Å². The minimum Gasteiger partial charge on any atom is -0.480 e. The van der Waals surface area contributed by atoms with Gasteiger partial charge in [0, 0.05) is 6.54 Å². The van der Waals surface area contributed by atoms with Crippen molar-refractivity contribution in [2.75, 3.05) is 25.4 Å². The number of hydrogen-bond acceptors (Lipinski definition) is 7. The molecule has 0 bridgehead atoms. The molecule has 0 saturated carbocycles. The Kier molecular flexibility index (Phi) is 11.8. The maximum atomic E-state index is 12.4. The SMILES string of the molecule is CCC(O)CCCCNC(=O)C(CCS(=O)(=O)O)N(CC(=O)O)CC(=O)O. The van der Waals surface area contributed by atoms with Crippen LogP contribution in [-0.2, 0) is 24.5 Å². The molecule has 0 radical (unpaired) electrons. The first kappa shape index (κ1) is 25.2. The standard InChI is InChI=1S/C15H28N2O9S/c1-2-11(18)5-3-4-7-16-15(23)12(6-8-27(24,25)26)17(9-13(19)20)10-14(21)22/h11-12,18H,2-10H2,1H3,(H,16,23)(H,19,20)(H,21,22)(H,24,25,26). The molecular formula is C15H28N2O9S. The van der Waals surface area contributed by atoms with Crippen molar-refractivity contribution >= 4 is 28.0 Å². The zero-order valence-corrected chi connectivity index (χ0v) is 16.0. The number of carboxylic acids is 2. The lowest BCUT2D eigenvalue weighted by molar-refractivity contribution is -0.144. The summed E-state index contributed by atoms with van der Waals surface area (Å²) in [6, 6.07) is -1.35. The largest absolute Gasteiger partial charge is 0.480 e. The fourth-order valence-corrected chi connectivity index (χ4v) is 2.92. The van der Waals surface area contributed by atoms with Gasteiger partial charge < -0.3 is 20.6 Å². The highest BCUT2D eigenvalue weighted by Crippen LogP contribution is 2.08. The summed E-state index contributed by atoms with van der Waals surface area (Å²) in [5.74, 6) is -4.30. The van der Waals surface area contributed by atoms with Gasteiger partial charge in [-0.15, -0.1) is 0 Å². The number of carboxylic acid groups (broad SMARTS) is 2. The highest BCUT2D eigenvalue weighted by molar-refractivity contribution is 7.85. The minimum absolute atomic E-state index is 0.200. The Morgan fingerprint density at radius 3 is 2.04 bits per heavy atom. The molecule has 0 aliphatic carbocycles. The second kappa shape index (κ2) is 12.6. The molecule has 0 aromatic carbocycles. The van der Waals surface area contributed by atoms with Gasteiger partial charge in [-0.3, -0.25) is 23.8 Å². The molecular weight excluding hydrogens is 384 g/mol. The lowest BCUT2D eigenvalue weighted by Crippen LogP contribution is -2.51. The van der Waals surface area contributed by atoms with Crippen molar-refractivity contribution in [3.8, 4) is 0 Å². The molecule has 5 N–H and O–H groups in total. The summed E-state index contributed by atoms with van der Waals surface area (Å²) in [4.78, 5) is 35.1. The van der Waals surface area contributed by atoms with Crippen molar-refractivity contribution in [1.29, 1.82) is 0 Å². The topological polar surface area (TPSA) is 182 Å². The lowest BCUT2D eigenvalue weighted by atomic mass is 10.1. The molecule has 0 spiro atoms. The number of hydrogen-bond donors (Lipinski definition) is 5. The molecule has 2 unspecified atom stereocenters. The second-order valence-corrected chi connectivity index (χ2v) is 7.70. The number of unbranched alkanes of at least 4 members (excludes halogenated alkanes) is 1. The molecule has 0 saturated heterocycles. The van der Waals surface area contributed by atoms with E-state index in [4.69, 9.17) is 14.8 Å². The third-order valence-electron chi connectivity index (χ3n) is 3.80. The van der Waals surface area contributed by atoms with Crippen molar-refractivity contribution in [3.63, 3.8) is 0 Å². The molecule has 0 aliphatic rings. The smallest absolute Gasteiger partial charge is 0.317 e. The summed E-state index contributed by atoms with van der Waals surface area (Å²) >= 11 is 0. The Morgan fingerprint density at radius 2 is 1.59 bits per heavy atom. The predicted molar refractivity (Wildman–Crippen MR) is 94.8 cm³/mol. The van der Waals surface area contributed by atoms with Gasteiger partial charge >= 0.3 is 11.9 Å². The van der Waals surface area contributed by atoms with Gasteiger partial charge in [-0.2, -0.15) is 8.42 Å². The summed E-state index contributed by atoms with van der Waals surface area (Å²) in [6.45, 7) is 0.481. The van der Waals surface area contributed by atoms with Gasteiger partial charge in [-0.1, -0.05) is 6.92 Å². The van der Waals surface area contributed by atoms with Crippen LogP contribution in [0.15, 0.2) is 0 Å². The number of carbonyl (C=O) groups excluding carboxylic acids is 1. The molecule has 158 valence electrons. The summed E-state index contributed by atoms with van der Waals surface area (Å²) in [5.41, 5.74) is 0. The van der Waals surface area contributed by atoms with Gasteiger partial charge in [0.15, 0.2) is 0 Å². The second-order valence-electron chi connectivity index (χ2n) is 6.13. The van der Waals surface area contributed by atoms with Crippen molar-refractivity contribution in [2.24, 2.45) is 0 Å². The van der Waals surface area contributed by atoms with E-state index in [0.29, 0.717) is 25.7 Å². The highest BCUT2D eigenvalue weighted by atomic mass is 32.2. The summed E-state index contributed by atoms with van der Waals surface area (Å²) in [7, 11) is -4.41. The van der Waals surface area contributed by atoms with Crippen LogP contribution < -0.4 is 5.32 Å². The van der Waals surface area contributed by atoms with Crippen molar-refractivity contribution in [3.05, 3.63) is 0 Å². The molecule has 12 heteroatoms. The van der Waals surface area contributed by atoms with Crippen LogP contribution in [-0.4, -0.2) is 88.6 Å². The Hall–Kier alpha value is -1.76. The van der Waals surface area contributed by atoms with Crippen LogP contribution in [0.1, 0.15) is 39.0 Å². The van der Waals surface area contributed by atoms with Crippen molar-refractivity contribution < 1.29 is 42.7 Å². The number of nitrogens with one attached hydrogen (secondary N) is 1. The van der Waals surface area contributed by atoms with E-state index in [1.165, 1.54) is 0 Å². The lowest BCUT2D eigenvalue weighted by Gasteiger charge is -2.27. The van der Waals surface area contributed by atoms with E-state index in [1.54, 1.807) is 0 Å². The number of aliphatic carboxylic acids is 2. The zero-order chi connectivity index (χ0) is 21.0. The average molecular weight is 412 g/mol. The van der Waals surface area contributed by atoms with Crippen LogP contribution in [0, 0.1) is 0 Å². The van der Waals surface area contributed by atoms with Crippen LogP contribution in [0.2, 0.25) is 0 Å². The number of rotatable bonds is 15. The average Bonchev–Trinajstić information content (AvgIpc) is 2.52. The number of aliphatic hydroxyl groups excluding tert-OH is 1. The van der Waals surface area contributed by atoms with E-state index in [-0.39, 0.29) is 6.54 Å². The normalized spacial score (nSPS) is 13.9. The Labute approximate surface area is 158 Å². The maximum absolute atomic E-state index is 12.4. The van der Waals surface area contributed by atoms with E-state index < -0.39 is 65.4 Å². The fourth-order valence-electron chi connectivity index (χ4n) is 2.40. The van der Waals surface area contributed by atoms with Crippen molar-refractivity contribution in [1.82, 2.24) is 10.2 Å². The Balaban J connectivity index is 4.95. The summed E-state index contributed by atoms with van der Waals surface area (Å²) in [6.07, 6.45) is 1.46. The number of amides is 1. The summed E-state index contributed by atoms with van der Waals surface area (Å²) < 4.78 is 30.8. The first-order valence-corrected chi connectivity index (χ1v) is 10.2. The molecule has 0 aromatic rings. The number of aliphatic hydroxyl groups is 1. The third kappa shape index (κ3) is 13.1. The van der Waals surface area contributed by atoms with Gasteiger partial charge in [0.2, 0.25) is 5.91 Å². The zero-order valence-electron chi connectivity index (χ0n) is 15.2. The first-order valence-electron chi connectivity index (χ1n) is 8.54. The highest BCUT2D eigenvalue weighted by Gasteiger charge is 2.30. The number of carbonyl (C=O) groups is 3. The van der Waals surface area contributed by atoms with Crippen LogP contribution in [0.3, 0.4) is 0 Å². The third-order valence-corrected chi connectivity index (χ3v) is 4.56. The quantitative estimate of drug-likeness (QED) is 0.168. The molecule has 2 atom stereocenters. The van der Waals surface area contributed by atoms with E-state index in [2.05, 4.69) is 5.32 Å². The van der Waals surface area contributed by atoms with Crippen LogP contribution in [0.5, 0.6) is 0 Å². The molecule has 0 rings (SSSR count). The summed E-state index contributed by atoms with van der Waals surface area (Å²) in [5, 5.41) is 29.8. The van der Waals surface area contributed by atoms with Gasteiger partial charge in [-0.25, -0.2) is 0 Å². The van der Waals surface area contributed by atoms with Crippen LogP contribution in [0.25, 0.3) is 0 Å². The minimum atomic E-state index is -4.41. The molecule has 0 heterocycles. The van der Waals surface area contributed by atoms with E-state index in [9.17, 15) is 27.9 Å².